The number of benzene rings is 3. The van der Waals surface area contributed by atoms with Gasteiger partial charge in [-0.05, 0) is 29.3 Å². The summed E-state index contributed by atoms with van der Waals surface area (Å²) in [7, 11) is 0. The van der Waals surface area contributed by atoms with Crippen LogP contribution in [0.1, 0.15) is 35.2 Å². The fourth-order valence-electron chi connectivity index (χ4n) is 3.68. The van der Waals surface area contributed by atoms with Crippen molar-refractivity contribution in [1.29, 1.82) is 0 Å². The summed E-state index contributed by atoms with van der Waals surface area (Å²) in [5.41, 5.74) is 6.25. The highest BCUT2D eigenvalue weighted by Gasteiger charge is 2.32. The molecule has 3 rings (SSSR count). The predicted octanol–water partition coefficient (Wildman–Crippen LogP) is 3.07. The number of carbonyl (C=O) groups excluding carboxylic acids is 3. The highest BCUT2D eigenvalue weighted by atomic mass is 16.6. The molecule has 0 radical (unpaired) electrons. The lowest BCUT2D eigenvalue weighted by molar-refractivity contribution is -0.384. The van der Waals surface area contributed by atoms with E-state index < -0.39 is 34.7 Å². The van der Waals surface area contributed by atoms with Crippen molar-refractivity contribution in [2.45, 2.75) is 25.3 Å². The number of amides is 2. The van der Waals surface area contributed by atoms with Crippen molar-refractivity contribution in [2.75, 3.05) is 6.61 Å². The molecule has 0 aliphatic heterocycles. The normalized spacial score (nSPS) is 12.5. The number of nitrogens with two attached hydrogens (primary N) is 1. The number of hydrogen-bond donors (Lipinski definition) is 2. The van der Waals surface area contributed by atoms with Crippen LogP contribution in [0.3, 0.4) is 0 Å². The molecule has 0 saturated heterocycles. The van der Waals surface area contributed by atoms with Crippen molar-refractivity contribution in [3.8, 4) is 0 Å². The molecule has 0 aromatic heterocycles. The van der Waals surface area contributed by atoms with Gasteiger partial charge in [0, 0.05) is 23.6 Å². The minimum absolute atomic E-state index is 0.134. The van der Waals surface area contributed by atoms with E-state index >= 15 is 0 Å². The summed E-state index contributed by atoms with van der Waals surface area (Å²) in [4.78, 5) is 48.2. The largest absolute Gasteiger partial charge is 0.466 e. The average molecular weight is 449 g/mol. The topological polar surface area (TPSA) is 142 Å². The van der Waals surface area contributed by atoms with Crippen LogP contribution in [-0.4, -0.2) is 35.4 Å². The Morgan fingerprint density at radius 3 is 2.33 bits per heavy atom. The Morgan fingerprint density at radius 1 is 1.03 bits per heavy atom. The van der Waals surface area contributed by atoms with Gasteiger partial charge in [-0.1, -0.05) is 48.5 Å². The molecule has 3 aromatic rings. The van der Waals surface area contributed by atoms with Crippen LogP contribution in [0.15, 0.2) is 66.7 Å². The quantitative estimate of drug-likeness (QED) is 0.292. The van der Waals surface area contributed by atoms with E-state index in [2.05, 4.69) is 5.32 Å². The number of ether oxygens (including phenoxy) is 1. The van der Waals surface area contributed by atoms with E-state index in [1.807, 2.05) is 18.2 Å². The summed E-state index contributed by atoms with van der Waals surface area (Å²) in [6.45, 7) is 1.78. The van der Waals surface area contributed by atoms with Crippen LogP contribution in [0.5, 0.6) is 0 Å². The maximum atomic E-state index is 13.1. The van der Waals surface area contributed by atoms with E-state index in [-0.39, 0.29) is 18.7 Å². The minimum Gasteiger partial charge on any atom is -0.466 e. The molecule has 0 heterocycles. The lowest BCUT2D eigenvalue weighted by Gasteiger charge is -2.26. The fourth-order valence-corrected chi connectivity index (χ4v) is 3.68. The molecule has 2 amide bonds. The first kappa shape index (κ1) is 23.4. The third kappa shape index (κ3) is 5.51. The van der Waals surface area contributed by atoms with Gasteiger partial charge >= 0.3 is 5.97 Å². The number of nitro benzene ring substituents is 1. The number of non-ortho nitro benzene ring substituents is 1. The molecule has 9 heteroatoms. The van der Waals surface area contributed by atoms with Crippen LogP contribution in [0.4, 0.5) is 5.69 Å². The molecular formula is C24H23N3O6. The second-order valence-electron chi connectivity index (χ2n) is 7.34. The Hall–Kier alpha value is -4.27. The van der Waals surface area contributed by atoms with Gasteiger partial charge in [0.05, 0.1) is 18.0 Å². The molecule has 3 aromatic carbocycles. The highest BCUT2D eigenvalue weighted by molar-refractivity contribution is 6.08. The molecule has 2 atom stereocenters. The maximum absolute atomic E-state index is 13.1. The number of primary amides is 1. The van der Waals surface area contributed by atoms with Gasteiger partial charge in [0.1, 0.15) is 6.04 Å². The average Bonchev–Trinajstić information content (AvgIpc) is 2.80. The first-order valence-corrected chi connectivity index (χ1v) is 10.3. The zero-order chi connectivity index (χ0) is 24.0. The molecular weight excluding hydrogens is 426 g/mol. The Labute approximate surface area is 189 Å². The van der Waals surface area contributed by atoms with Crippen molar-refractivity contribution in [1.82, 2.24) is 5.32 Å². The molecule has 170 valence electrons. The van der Waals surface area contributed by atoms with Crippen molar-refractivity contribution >= 4 is 34.2 Å². The number of esters is 1. The molecule has 3 N–H and O–H groups in total. The van der Waals surface area contributed by atoms with Crippen LogP contribution < -0.4 is 11.1 Å². The number of carbonyl (C=O) groups is 3. The number of nitrogens with one attached hydrogen (secondary N) is 1. The lowest BCUT2D eigenvalue weighted by atomic mass is 9.87. The summed E-state index contributed by atoms with van der Waals surface area (Å²) < 4.78 is 5.02. The smallest absolute Gasteiger partial charge is 0.306 e. The molecule has 0 saturated carbocycles. The SMILES string of the molecule is CCOC(=O)C[C@@H](c1ccc([N+](=O)[O-])cc1)[C@@H](NC(=O)c1cccc2ccccc12)C(N)=O. The van der Waals surface area contributed by atoms with Gasteiger partial charge in [0.2, 0.25) is 5.91 Å². The lowest BCUT2D eigenvalue weighted by Crippen LogP contribution is -2.48. The minimum atomic E-state index is -1.26. The number of nitro groups is 1. The standard InChI is InChI=1S/C24H23N3O6/c1-2-33-21(28)14-20(16-10-12-17(13-11-16)27(31)32)22(23(25)29)26-24(30)19-9-5-7-15-6-3-4-8-18(15)19/h3-13,20,22H,2,14H2,1H3,(H2,25,29)(H,26,30)/t20-,22+/m0/s1. The third-order valence-corrected chi connectivity index (χ3v) is 5.25. The van der Waals surface area contributed by atoms with E-state index in [1.165, 1.54) is 24.3 Å². The number of fused-ring (bicyclic) bond motifs is 1. The first-order valence-electron chi connectivity index (χ1n) is 10.3. The van der Waals surface area contributed by atoms with Crippen molar-refractivity contribution in [3.05, 3.63) is 88.0 Å². The van der Waals surface area contributed by atoms with Gasteiger partial charge < -0.3 is 15.8 Å². The van der Waals surface area contributed by atoms with E-state index in [0.29, 0.717) is 16.5 Å². The summed E-state index contributed by atoms with van der Waals surface area (Å²) in [5, 5.41) is 15.2. The molecule has 0 aliphatic rings. The Balaban J connectivity index is 1.97. The van der Waals surface area contributed by atoms with Crippen LogP contribution >= 0.6 is 0 Å². The summed E-state index contributed by atoms with van der Waals surface area (Å²) in [5.74, 6) is -2.87. The van der Waals surface area contributed by atoms with E-state index in [0.717, 1.165) is 5.39 Å². The van der Waals surface area contributed by atoms with Crippen LogP contribution in [0.2, 0.25) is 0 Å². The molecule has 0 spiro atoms. The molecule has 0 fully saturated rings. The highest BCUT2D eigenvalue weighted by Crippen LogP contribution is 2.27. The van der Waals surface area contributed by atoms with E-state index in [4.69, 9.17) is 10.5 Å². The Bertz CT molecular complexity index is 1190. The number of nitrogens with zero attached hydrogens (tertiary/aromatic N) is 1. The Kier molecular flexibility index (Phi) is 7.34. The zero-order valence-electron chi connectivity index (χ0n) is 17.9. The first-order chi connectivity index (χ1) is 15.8. The fraction of sp³-hybridized carbons (Fsp3) is 0.208. The van der Waals surface area contributed by atoms with Crippen molar-refractivity contribution < 1.29 is 24.0 Å². The second kappa shape index (κ2) is 10.4. The van der Waals surface area contributed by atoms with Crippen molar-refractivity contribution in [3.63, 3.8) is 0 Å². The van der Waals surface area contributed by atoms with Gasteiger partial charge in [-0.15, -0.1) is 0 Å². The second-order valence-corrected chi connectivity index (χ2v) is 7.34. The number of rotatable bonds is 9. The van der Waals surface area contributed by atoms with Crippen LogP contribution in [0.25, 0.3) is 10.8 Å². The molecule has 33 heavy (non-hydrogen) atoms. The third-order valence-electron chi connectivity index (χ3n) is 5.25. The maximum Gasteiger partial charge on any atom is 0.306 e. The summed E-state index contributed by atoms with van der Waals surface area (Å²) >= 11 is 0. The summed E-state index contributed by atoms with van der Waals surface area (Å²) in [6.07, 6.45) is -0.255. The van der Waals surface area contributed by atoms with E-state index in [1.54, 1.807) is 31.2 Å². The van der Waals surface area contributed by atoms with Crippen molar-refractivity contribution in [2.24, 2.45) is 5.73 Å². The summed E-state index contributed by atoms with van der Waals surface area (Å²) in [6, 6.07) is 16.6. The van der Waals surface area contributed by atoms with Gasteiger partial charge in [0.15, 0.2) is 0 Å². The number of hydrogen-bond acceptors (Lipinski definition) is 6. The van der Waals surface area contributed by atoms with Gasteiger partial charge in [0.25, 0.3) is 11.6 Å². The molecule has 0 bridgehead atoms. The molecule has 0 aliphatic carbocycles. The molecule has 9 nitrogen and oxygen atoms in total. The van der Waals surface area contributed by atoms with Gasteiger partial charge in [-0.25, -0.2) is 0 Å². The van der Waals surface area contributed by atoms with E-state index in [9.17, 15) is 24.5 Å². The predicted molar refractivity (Wildman–Crippen MR) is 121 cm³/mol. The van der Waals surface area contributed by atoms with Gasteiger partial charge in [-0.2, -0.15) is 0 Å². The Morgan fingerprint density at radius 2 is 1.70 bits per heavy atom. The zero-order valence-corrected chi connectivity index (χ0v) is 17.9. The van der Waals surface area contributed by atoms with Crippen LogP contribution in [0, 0.1) is 10.1 Å². The van der Waals surface area contributed by atoms with Crippen LogP contribution in [-0.2, 0) is 14.3 Å². The van der Waals surface area contributed by atoms with Gasteiger partial charge in [-0.3, -0.25) is 24.5 Å². The molecule has 0 unspecified atom stereocenters. The monoisotopic (exact) mass is 449 g/mol.